The fourth-order valence-electron chi connectivity index (χ4n) is 10.7. The Kier molecular flexibility index (Phi) is 16.4. The summed E-state index contributed by atoms with van der Waals surface area (Å²) in [4.78, 5) is 27.8. The average Bonchev–Trinajstić information content (AvgIpc) is 3.35. The van der Waals surface area contributed by atoms with Crippen LogP contribution in [0.5, 0.6) is 11.5 Å². The van der Waals surface area contributed by atoms with Gasteiger partial charge >= 0.3 is 6.09 Å². The lowest BCUT2D eigenvalue weighted by atomic mass is 9.55. The molecule has 12 nitrogen and oxygen atoms in total. The number of ether oxygens (including phenoxy) is 5. The second kappa shape index (κ2) is 23.0. The van der Waals surface area contributed by atoms with Gasteiger partial charge < -0.3 is 38.7 Å². The smallest absolute Gasteiger partial charge is 0.410 e. The highest BCUT2D eigenvalue weighted by atomic mass is 16.8. The van der Waals surface area contributed by atoms with Gasteiger partial charge in [-0.1, -0.05) is 84.8 Å². The van der Waals surface area contributed by atoms with Crippen molar-refractivity contribution >= 4 is 22.6 Å². The van der Waals surface area contributed by atoms with Crippen molar-refractivity contribution in [3.8, 4) is 11.5 Å². The molecule has 1 saturated carbocycles. The number of benzene rings is 3. The summed E-state index contributed by atoms with van der Waals surface area (Å²) >= 11 is 0. The predicted molar refractivity (Wildman–Crippen MR) is 259 cm³/mol. The van der Waals surface area contributed by atoms with E-state index < -0.39 is 30.1 Å². The number of aromatic nitrogens is 1. The topological polar surface area (TPSA) is 141 Å². The largest absolute Gasteiger partial charge is 0.487 e. The van der Waals surface area contributed by atoms with Crippen molar-refractivity contribution < 1.29 is 43.5 Å². The van der Waals surface area contributed by atoms with Crippen LogP contribution >= 0.6 is 0 Å². The van der Waals surface area contributed by atoms with Crippen LogP contribution in [0.4, 0.5) is 4.79 Å². The van der Waals surface area contributed by atoms with Crippen molar-refractivity contribution in [3.63, 3.8) is 0 Å². The van der Waals surface area contributed by atoms with Crippen LogP contribution < -0.4 is 9.47 Å². The summed E-state index contributed by atoms with van der Waals surface area (Å²) in [6.07, 6.45) is 12.7. The maximum atomic E-state index is 15.0. The van der Waals surface area contributed by atoms with Crippen LogP contribution in [0.2, 0.25) is 0 Å². The quantitative estimate of drug-likeness (QED) is 0.0445. The van der Waals surface area contributed by atoms with Gasteiger partial charge in [0.2, 0.25) is 12.1 Å². The van der Waals surface area contributed by atoms with Crippen LogP contribution in [0.3, 0.4) is 0 Å². The lowest BCUT2D eigenvalue weighted by Gasteiger charge is -2.60. The third kappa shape index (κ3) is 10.9. The molecule has 2 N–H and O–H groups in total. The van der Waals surface area contributed by atoms with Gasteiger partial charge in [-0.3, -0.25) is 9.88 Å². The second-order valence-corrected chi connectivity index (χ2v) is 18.2. The molecule has 0 radical (unpaired) electrons. The molecular weight excluding hydrogens is 847 g/mol. The highest BCUT2D eigenvalue weighted by Gasteiger charge is 2.66. The molecule has 2 aliphatic carbocycles. The first-order valence-corrected chi connectivity index (χ1v) is 24.3. The molecule has 12 heteroatoms. The number of aryl methyl sites for hydroxylation is 1. The van der Waals surface area contributed by atoms with E-state index in [1.165, 1.54) is 0 Å². The Bertz CT molecular complexity index is 2370. The van der Waals surface area contributed by atoms with Crippen LogP contribution in [0.15, 0.2) is 121 Å². The number of hydrogen-bond donors (Lipinski definition) is 2. The third-order valence-corrected chi connectivity index (χ3v) is 13.8. The van der Waals surface area contributed by atoms with E-state index in [2.05, 4.69) is 54.5 Å². The third-order valence-electron chi connectivity index (χ3n) is 13.8. The number of carbonyl (C=O) groups is 1. The molecule has 3 aromatic carbocycles. The summed E-state index contributed by atoms with van der Waals surface area (Å²) in [5, 5.41) is 27.2. The molecule has 7 unspecified atom stereocenters. The van der Waals surface area contributed by atoms with Gasteiger partial charge in [-0.25, -0.2) is 4.79 Å². The molecule has 1 amide bonds. The number of hydrogen-bond acceptors (Lipinski definition) is 11. The number of fused-ring (bicyclic) bond motifs is 3. The molecule has 7 atom stereocenters. The van der Waals surface area contributed by atoms with Crippen molar-refractivity contribution in [1.29, 1.82) is 0 Å². The SMILES string of the molecule is C=CCCOC(=O)N(Cc1cccc2ccccc12)C1CC(=NOC2CCCCO2)C2=CC(CCCCO)C(CCCCO)C3c4cc(OCc5cccc(C)n5)ccc4OC1(OCC=C)C23. The predicted octanol–water partition coefficient (Wildman–Crippen LogP) is 10.5. The molecule has 8 rings (SSSR count). The van der Waals surface area contributed by atoms with Crippen molar-refractivity contribution in [3.05, 3.63) is 138 Å². The zero-order valence-corrected chi connectivity index (χ0v) is 38.9. The number of rotatable bonds is 22. The van der Waals surface area contributed by atoms with Crippen molar-refractivity contribution in [2.45, 2.75) is 115 Å². The first-order chi connectivity index (χ1) is 32.9. The van der Waals surface area contributed by atoms with Gasteiger partial charge in [0, 0.05) is 43.2 Å². The minimum atomic E-state index is -1.47. The molecule has 2 aliphatic heterocycles. The summed E-state index contributed by atoms with van der Waals surface area (Å²) in [7, 11) is 0. The number of oxime groups is 1. The summed E-state index contributed by atoms with van der Waals surface area (Å²) in [6, 6.07) is 25.4. The molecule has 1 aromatic heterocycles. The number of unbranched alkanes of at least 4 members (excludes halogenated alkanes) is 2. The van der Waals surface area contributed by atoms with Crippen molar-refractivity contribution in [2.24, 2.45) is 22.9 Å². The van der Waals surface area contributed by atoms with Gasteiger partial charge in [-0.2, -0.15) is 0 Å². The number of aliphatic hydroxyl groups is 2. The molecule has 4 aromatic rings. The minimum absolute atomic E-state index is 0.0377. The van der Waals surface area contributed by atoms with E-state index in [1.54, 1.807) is 17.1 Å². The monoisotopic (exact) mass is 913 g/mol. The highest BCUT2D eigenvalue weighted by Crippen LogP contribution is 2.62. The Morgan fingerprint density at radius 1 is 0.970 bits per heavy atom. The van der Waals surface area contributed by atoms with E-state index in [-0.39, 0.29) is 63.8 Å². The minimum Gasteiger partial charge on any atom is -0.487 e. The molecule has 67 heavy (non-hydrogen) atoms. The summed E-state index contributed by atoms with van der Waals surface area (Å²) in [6.45, 7) is 11.5. The standard InChI is InChI=1S/C55H67N3O9/c1-4-6-31-63-54(61)58(36-41-21-16-20-39-18-7-8-23-44(39)41)50-35-48(57-67-51-25-11-14-32-62-51)46-33-40(19-9-12-28-59)45(24-10-13-29-60)52-47-34-43(64-37-42-22-15-17-38(3)56-42)26-27-49(47)66-55(50,53(46)52)65-30-5-2/h4-5,7-8,15-18,20-23,26-27,33-34,40,45,50-53,59-60H,1-2,6,9-14,19,24-25,28-32,35-37H2,3H3. The van der Waals surface area contributed by atoms with E-state index in [0.717, 1.165) is 77.4 Å². The number of allylic oxidation sites excluding steroid dienone is 1. The number of amides is 1. The number of pyridine rings is 1. The second-order valence-electron chi connectivity index (χ2n) is 18.2. The lowest BCUT2D eigenvalue weighted by Crippen LogP contribution is -2.70. The Hall–Kier alpha value is -5.53. The average molecular weight is 914 g/mol. The Balaban J connectivity index is 1.33. The van der Waals surface area contributed by atoms with Gasteiger partial charge in [-0.05, 0) is 116 Å². The molecule has 3 heterocycles. The molecule has 1 saturated heterocycles. The van der Waals surface area contributed by atoms with Gasteiger partial charge in [0.1, 0.15) is 24.1 Å². The van der Waals surface area contributed by atoms with E-state index in [9.17, 15) is 10.2 Å². The Morgan fingerprint density at radius 3 is 2.58 bits per heavy atom. The van der Waals surface area contributed by atoms with E-state index in [0.29, 0.717) is 49.5 Å². The fraction of sp³-hybridized carbons (Fsp3) is 0.473. The van der Waals surface area contributed by atoms with Crippen LogP contribution in [0.25, 0.3) is 10.8 Å². The van der Waals surface area contributed by atoms with Crippen LogP contribution in [-0.2, 0) is 32.2 Å². The Morgan fingerprint density at radius 2 is 1.79 bits per heavy atom. The van der Waals surface area contributed by atoms with Gasteiger partial charge in [0.05, 0.1) is 43.7 Å². The molecular formula is C55H67N3O9. The number of aliphatic hydroxyl groups excluding tert-OH is 2. The van der Waals surface area contributed by atoms with Crippen molar-refractivity contribution in [1.82, 2.24) is 9.88 Å². The van der Waals surface area contributed by atoms with Crippen LogP contribution in [0, 0.1) is 24.7 Å². The lowest BCUT2D eigenvalue weighted by molar-refractivity contribution is -0.256. The maximum absolute atomic E-state index is 15.0. The Labute approximate surface area is 395 Å². The number of nitrogens with zero attached hydrogens (tertiary/aromatic N) is 3. The van der Waals surface area contributed by atoms with Crippen LogP contribution in [0.1, 0.15) is 99.1 Å². The summed E-state index contributed by atoms with van der Waals surface area (Å²) in [5.41, 5.74) is 5.28. The van der Waals surface area contributed by atoms with Gasteiger partial charge in [-0.15, -0.1) is 13.2 Å². The first-order valence-electron chi connectivity index (χ1n) is 24.3. The zero-order chi connectivity index (χ0) is 46.6. The maximum Gasteiger partial charge on any atom is 0.410 e. The molecule has 356 valence electrons. The van der Waals surface area contributed by atoms with Crippen molar-refractivity contribution in [2.75, 3.05) is 33.0 Å². The van der Waals surface area contributed by atoms with Crippen LogP contribution in [-0.4, -0.2) is 83.1 Å². The summed E-state index contributed by atoms with van der Waals surface area (Å²) in [5.74, 6) is -0.803. The summed E-state index contributed by atoms with van der Waals surface area (Å²) < 4.78 is 33.4. The fourth-order valence-corrected chi connectivity index (χ4v) is 10.7. The van der Waals surface area contributed by atoms with Gasteiger partial charge in [0.15, 0.2) is 0 Å². The zero-order valence-electron chi connectivity index (χ0n) is 38.9. The molecule has 0 spiro atoms. The molecule has 0 bridgehead atoms. The van der Waals surface area contributed by atoms with E-state index in [1.807, 2.05) is 55.5 Å². The molecule has 4 aliphatic rings. The highest BCUT2D eigenvalue weighted by molar-refractivity contribution is 6.03. The molecule has 2 fully saturated rings. The van der Waals surface area contributed by atoms with Gasteiger partial charge in [0.25, 0.3) is 0 Å². The first kappa shape index (κ1) is 47.9. The normalized spacial score (nSPS) is 24.7. The number of carbonyl (C=O) groups excluding carboxylic acids is 1. The van der Waals surface area contributed by atoms with E-state index in [4.69, 9.17) is 33.7 Å². The van der Waals surface area contributed by atoms with E-state index >= 15 is 4.79 Å².